The number of fused-ring (bicyclic) bond motifs is 1. The lowest BCUT2D eigenvalue weighted by molar-refractivity contribution is 0.0917. The van der Waals surface area contributed by atoms with Crippen LogP contribution in [0.5, 0.6) is 5.75 Å². The van der Waals surface area contributed by atoms with Crippen LogP contribution in [0.25, 0.3) is 10.2 Å². The predicted octanol–water partition coefficient (Wildman–Crippen LogP) is 4.31. The zero-order valence-electron chi connectivity index (χ0n) is 16.3. The molecule has 1 aromatic heterocycles. The summed E-state index contributed by atoms with van der Waals surface area (Å²) in [6.07, 6.45) is 1.91. The largest absolute Gasteiger partial charge is 0.494 e. The number of hydrogen-bond donors (Lipinski definition) is 0. The van der Waals surface area contributed by atoms with Gasteiger partial charge in [-0.25, -0.2) is 4.98 Å². The van der Waals surface area contributed by atoms with Gasteiger partial charge >= 0.3 is 0 Å². The van der Waals surface area contributed by atoms with Crippen molar-refractivity contribution in [3.63, 3.8) is 0 Å². The normalized spacial score (nSPS) is 16.0. The van der Waals surface area contributed by atoms with Crippen LogP contribution in [0.3, 0.4) is 0 Å². The molecule has 4 rings (SSSR count). The van der Waals surface area contributed by atoms with Crippen LogP contribution in [0.15, 0.2) is 36.4 Å². The molecule has 0 spiro atoms. The third-order valence-electron chi connectivity index (χ3n) is 5.06. The van der Waals surface area contributed by atoms with Gasteiger partial charge in [-0.1, -0.05) is 17.4 Å². The molecule has 1 aliphatic rings. The highest BCUT2D eigenvalue weighted by Gasteiger charge is 2.27. The van der Waals surface area contributed by atoms with Crippen LogP contribution >= 0.6 is 11.3 Å². The molecule has 7 heteroatoms. The van der Waals surface area contributed by atoms with Crippen molar-refractivity contribution in [2.24, 2.45) is 0 Å². The van der Waals surface area contributed by atoms with Gasteiger partial charge in [-0.3, -0.25) is 9.69 Å². The first kappa shape index (κ1) is 19.4. The summed E-state index contributed by atoms with van der Waals surface area (Å²) in [5.74, 6) is 0.539. The highest BCUT2D eigenvalue weighted by atomic mass is 32.1. The van der Waals surface area contributed by atoms with Crippen molar-refractivity contribution >= 4 is 32.6 Å². The molecule has 0 aliphatic carbocycles. The lowest BCUT2D eigenvalue weighted by Gasteiger charge is -2.23. The van der Waals surface area contributed by atoms with Gasteiger partial charge in [0.15, 0.2) is 5.13 Å². The van der Waals surface area contributed by atoms with E-state index in [1.54, 1.807) is 36.3 Å². The Labute approximate surface area is 173 Å². The summed E-state index contributed by atoms with van der Waals surface area (Å²) in [5, 5.41) is 9.64. The number of hydrogen-bond acceptors (Lipinski definition) is 6. The lowest BCUT2D eigenvalue weighted by atomic mass is 10.1. The van der Waals surface area contributed by atoms with Crippen LogP contribution in [0.2, 0.25) is 0 Å². The summed E-state index contributed by atoms with van der Waals surface area (Å²) in [6, 6.07) is 12.7. The van der Waals surface area contributed by atoms with Crippen molar-refractivity contribution in [3.05, 3.63) is 53.1 Å². The number of aromatic nitrogens is 1. The molecule has 0 bridgehead atoms. The average molecular weight is 407 g/mol. The monoisotopic (exact) mass is 407 g/mol. The second kappa shape index (κ2) is 8.19. The quantitative estimate of drug-likeness (QED) is 0.630. The number of benzene rings is 2. The smallest absolute Gasteiger partial charge is 0.260 e. The molecule has 2 heterocycles. The molecule has 1 fully saturated rings. The first-order valence-electron chi connectivity index (χ1n) is 9.48. The number of carbonyl (C=O) groups is 1. The van der Waals surface area contributed by atoms with E-state index in [1.807, 2.05) is 19.1 Å². The molecule has 29 heavy (non-hydrogen) atoms. The molecule has 6 nitrogen and oxygen atoms in total. The Morgan fingerprint density at radius 2 is 2.14 bits per heavy atom. The summed E-state index contributed by atoms with van der Waals surface area (Å²) in [5.41, 5.74) is 2.89. The topological polar surface area (TPSA) is 75.5 Å². The molecule has 1 saturated heterocycles. The van der Waals surface area contributed by atoms with Gasteiger partial charge < -0.3 is 9.47 Å². The molecule has 1 amide bonds. The van der Waals surface area contributed by atoms with E-state index in [0.29, 0.717) is 28.6 Å². The fraction of sp³-hybridized carbons (Fsp3) is 0.318. The van der Waals surface area contributed by atoms with Gasteiger partial charge in [-0.05, 0) is 55.7 Å². The number of ether oxygens (including phenoxy) is 2. The van der Waals surface area contributed by atoms with Crippen LogP contribution in [-0.2, 0) is 4.74 Å². The number of aryl methyl sites for hydroxylation is 1. The van der Waals surface area contributed by atoms with E-state index < -0.39 is 0 Å². The maximum absolute atomic E-state index is 13.4. The Balaban J connectivity index is 1.75. The maximum Gasteiger partial charge on any atom is 0.260 e. The molecule has 0 N–H and O–H groups in total. The van der Waals surface area contributed by atoms with Crippen LogP contribution < -0.4 is 9.64 Å². The third kappa shape index (κ3) is 3.82. The Morgan fingerprint density at radius 3 is 2.79 bits per heavy atom. The zero-order chi connectivity index (χ0) is 20.4. The number of nitrogens with zero attached hydrogens (tertiary/aromatic N) is 3. The van der Waals surface area contributed by atoms with Crippen LogP contribution in [-0.4, -0.2) is 37.3 Å². The molecular formula is C22H21N3O3S. The summed E-state index contributed by atoms with van der Waals surface area (Å²) in [4.78, 5) is 19.8. The average Bonchev–Trinajstić information content (AvgIpc) is 3.42. The van der Waals surface area contributed by atoms with Crippen molar-refractivity contribution in [1.29, 1.82) is 5.26 Å². The maximum atomic E-state index is 13.4. The summed E-state index contributed by atoms with van der Waals surface area (Å²) in [7, 11) is 1.62. The van der Waals surface area contributed by atoms with Crippen LogP contribution in [0.1, 0.15) is 34.3 Å². The van der Waals surface area contributed by atoms with E-state index >= 15 is 0 Å². The van der Waals surface area contributed by atoms with E-state index in [-0.39, 0.29) is 12.0 Å². The fourth-order valence-corrected chi connectivity index (χ4v) is 4.52. The van der Waals surface area contributed by atoms with Gasteiger partial charge in [0.05, 0.1) is 36.1 Å². The van der Waals surface area contributed by atoms with Crippen molar-refractivity contribution < 1.29 is 14.3 Å². The summed E-state index contributed by atoms with van der Waals surface area (Å²) < 4.78 is 12.3. The van der Waals surface area contributed by atoms with E-state index in [2.05, 4.69) is 6.07 Å². The van der Waals surface area contributed by atoms with Gasteiger partial charge in [0.1, 0.15) is 11.3 Å². The predicted molar refractivity (Wildman–Crippen MR) is 113 cm³/mol. The van der Waals surface area contributed by atoms with E-state index in [0.717, 1.165) is 35.2 Å². The molecule has 1 aliphatic heterocycles. The van der Waals surface area contributed by atoms with Gasteiger partial charge in [0, 0.05) is 12.2 Å². The molecule has 1 atom stereocenters. The Morgan fingerprint density at radius 1 is 1.34 bits per heavy atom. The number of carbonyl (C=O) groups excluding carboxylic acids is 1. The molecule has 148 valence electrons. The van der Waals surface area contributed by atoms with Crippen molar-refractivity contribution in [2.45, 2.75) is 25.9 Å². The number of rotatable bonds is 5. The minimum atomic E-state index is -0.152. The highest BCUT2D eigenvalue weighted by molar-refractivity contribution is 7.22. The van der Waals surface area contributed by atoms with Crippen molar-refractivity contribution in [3.8, 4) is 11.8 Å². The summed E-state index contributed by atoms with van der Waals surface area (Å²) >= 11 is 1.48. The van der Waals surface area contributed by atoms with E-state index in [9.17, 15) is 4.79 Å². The van der Waals surface area contributed by atoms with Crippen LogP contribution in [0.4, 0.5) is 5.13 Å². The molecule has 2 aromatic carbocycles. The van der Waals surface area contributed by atoms with Gasteiger partial charge in [-0.2, -0.15) is 5.26 Å². The number of methoxy groups -OCH3 is 1. The molecule has 1 unspecified atom stereocenters. The van der Waals surface area contributed by atoms with E-state index in [4.69, 9.17) is 19.7 Å². The van der Waals surface area contributed by atoms with Gasteiger partial charge in [-0.15, -0.1) is 0 Å². The minimum absolute atomic E-state index is 0.00710. The number of thiazole rings is 1. The lowest BCUT2D eigenvalue weighted by Crippen LogP contribution is -2.37. The fourth-order valence-electron chi connectivity index (χ4n) is 3.46. The van der Waals surface area contributed by atoms with Crippen molar-refractivity contribution in [1.82, 2.24) is 4.98 Å². The van der Waals surface area contributed by atoms with Crippen LogP contribution in [0, 0.1) is 18.3 Å². The Bertz CT molecular complexity index is 1080. The zero-order valence-corrected chi connectivity index (χ0v) is 17.2. The molecular weight excluding hydrogens is 386 g/mol. The molecule has 0 saturated carbocycles. The SMILES string of the molecule is COc1ccc(C)c2sc(N(CC3CCCO3)C(=O)c3ccc(C#N)cc3)nc12. The number of anilines is 1. The molecule has 0 radical (unpaired) electrons. The second-order valence-electron chi connectivity index (χ2n) is 7.00. The molecule has 3 aromatic rings. The standard InChI is InChI=1S/C22H21N3O3S/c1-14-5-10-18(27-2)19-20(14)29-22(24-19)25(13-17-4-3-11-28-17)21(26)16-8-6-15(12-23)7-9-16/h5-10,17H,3-4,11,13H2,1-2H3. The second-order valence-corrected chi connectivity index (χ2v) is 7.98. The first-order valence-corrected chi connectivity index (χ1v) is 10.3. The third-order valence-corrected chi connectivity index (χ3v) is 6.27. The van der Waals surface area contributed by atoms with Gasteiger partial charge in [0.25, 0.3) is 5.91 Å². The first-order chi connectivity index (χ1) is 14.1. The van der Waals surface area contributed by atoms with Crippen molar-refractivity contribution in [2.75, 3.05) is 25.2 Å². The summed E-state index contributed by atoms with van der Waals surface area (Å²) in [6.45, 7) is 3.19. The Hall–Kier alpha value is -2.95. The number of amides is 1. The van der Waals surface area contributed by atoms with E-state index in [1.165, 1.54) is 11.3 Å². The number of nitriles is 1. The minimum Gasteiger partial charge on any atom is -0.494 e. The Kier molecular flexibility index (Phi) is 5.47. The van der Waals surface area contributed by atoms with Gasteiger partial charge in [0.2, 0.25) is 0 Å². The highest BCUT2D eigenvalue weighted by Crippen LogP contribution is 2.37.